The standard InChI is InChI=1S/C24H23F4NO4/c1-4-18(33-3)13-29(12-15-6-5-7-17(25)10-15)20-11-16(24(26,27)28)8-9-19(20)14(2)21(22(29)30)23(31)32/h5-11,18H,4,12-13H2,1-3H3/p+1. The number of fused-ring (bicyclic) bond motifs is 1. The van der Waals surface area contributed by atoms with E-state index in [0.29, 0.717) is 12.0 Å². The maximum Gasteiger partial charge on any atom is 0.416 e. The number of alkyl halides is 3. The van der Waals surface area contributed by atoms with Gasteiger partial charge in [0.05, 0.1) is 5.56 Å². The monoisotopic (exact) mass is 466 g/mol. The number of nitrogens with zero attached hydrogens (tertiary/aromatic N) is 1. The summed E-state index contributed by atoms with van der Waals surface area (Å²) >= 11 is 0. The van der Waals surface area contributed by atoms with Crippen LogP contribution in [-0.4, -0.2) is 36.7 Å². The van der Waals surface area contributed by atoms with E-state index in [1.807, 2.05) is 0 Å². The van der Waals surface area contributed by atoms with Crippen LogP contribution >= 0.6 is 0 Å². The molecule has 0 aliphatic carbocycles. The van der Waals surface area contributed by atoms with Crippen LogP contribution in [0.15, 0.2) is 48.0 Å². The number of hydrogen-bond donors (Lipinski definition) is 1. The normalized spacial score (nSPS) is 19.4. The van der Waals surface area contributed by atoms with E-state index in [1.165, 1.54) is 38.3 Å². The van der Waals surface area contributed by atoms with Gasteiger partial charge in [-0.1, -0.05) is 19.1 Å². The largest absolute Gasteiger partial charge is 0.477 e. The van der Waals surface area contributed by atoms with Crippen molar-refractivity contribution in [1.29, 1.82) is 0 Å². The lowest BCUT2D eigenvalue weighted by atomic mass is 9.89. The summed E-state index contributed by atoms with van der Waals surface area (Å²) < 4.78 is 59.5. The van der Waals surface area contributed by atoms with E-state index < -0.39 is 45.6 Å². The van der Waals surface area contributed by atoms with Gasteiger partial charge in [-0.15, -0.1) is 0 Å². The molecule has 5 nitrogen and oxygen atoms in total. The number of rotatable bonds is 7. The first-order valence-corrected chi connectivity index (χ1v) is 10.3. The van der Waals surface area contributed by atoms with E-state index in [0.717, 1.165) is 12.1 Å². The summed E-state index contributed by atoms with van der Waals surface area (Å²) in [6.45, 7) is 2.82. The molecule has 0 saturated carbocycles. The lowest BCUT2D eigenvalue weighted by Gasteiger charge is -2.41. The molecule has 0 bridgehead atoms. The summed E-state index contributed by atoms with van der Waals surface area (Å²) in [5.74, 6) is -2.93. The topological polar surface area (TPSA) is 63.6 Å². The van der Waals surface area contributed by atoms with E-state index in [4.69, 9.17) is 4.74 Å². The van der Waals surface area contributed by atoms with Gasteiger partial charge in [0.1, 0.15) is 30.7 Å². The number of carbonyl (C=O) groups excluding carboxylic acids is 1. The van der Waals surface area contributed by atoms with E-state index in [9.17, 15) is 32.3 Å². The average molecular weight is 466 g/mol. The van der Waals surface area contributed by atoms with Crippen LogP contribution in [0.5, 0.6) is 0 Å². The second kappa shape index (κ2) is 9.07. The van der Waals surface area contributed by atoms with Crippen LogP contribution in [0, 0.1) is 5.82 Å². The number of benzene rings is 2. The Kier molecular flexibility index (Phi) is 6.76. The molecular weight excluding hydrogens is 442 g/mol. The summed E-state index contributed by atoms with van der Waals surface area (Å²) in [7, 11) is 1.41. The van der Waals surface area contributed by atoms with Crippen molar-refractivity contribution in [3.8, 4) is 0 Å². The van der Waals surface area contributed by atoms with E-state index in [-0.39, 0.29) is 29.9 Å². The van der Waals surface area contributed by atoms with Crippen LogP contribution < -0.4 is 4.48 Å². The summed E-state index contributed by atoms with van der Waals surface area (Å²) in [4.78, 5) is 25.9. The van der Waals surface area contributed by atoms with Crippen molar-refractivity contribution in [2.75, 3.05) is 13.7 Å². The molecule has 3 rings (SSSR count). The number of quaternary nitrogens is 1. The minimum atomic E-state index is -4.68. The summed E-state index contributed by atoms with van der Waals surface area (Å²) in [6.07, 6.45) is -4.83. The highest BCUT2D eigenvalue weighted by atomic mass is 19.4. The van der Waals surface area contributed by atoms with Gasteiger partial charge in [-0.25, -0.2) is 18.5 Å². The third kappa shape index (κ3) is 4.56. The predicted octanol–water partition coefficient (Wildman–Crippen LogP) is 5.18. The molecule has 0 aromatic heterocycles. The second-order valence-corrected chi connectivity index (χ2v) is 8.04. The molecule has 2 atom stereocenters. The molecule has 33 heavy (non-hydrogen) atoms. The first-order chi connectivity index (χ1) is 15.4. The number of methoxy groups -OCH3 is 1. The quantitative estimate of drug-likeness (QED) is 0.347. The number of hydrogen-bond acceptors (Lipinski definition) is 3. The fourth-order valence-corrected chi connectivity index (χ4v) is 4.32. The van der Waals surface area contributed by atoms with Crippen LogP contribution in [0.3, 0.4) is 0 Å². The van der Waals surface area contributed by atoms with Crippen molar-refractivity contribution < 1.29 is 37.0 Å². The Labute approximate surface area is 188 Å². The van der Waals surface area contributed by atoms with Crippen molar-refractivity contribution in [2.45, 2.75) is 39.1 Å². The molecule has 0 radical (unpaired) electrons. The van der Waals surface area contributed by atoms with Gasteiger partial charge >= 0.3 is 18.1 Å². The number of allylic oxidation sites excluding steroid dienone is 1. The molecule has 1 aliphatic rings. The van der Waals surface area contributed by atoms with Crippen molar-refractivity contribution in [2.24, 2.45) is 0 Å². The van der Waals surface area contributed by atoms with Crippen LogP contribution in [0.4, 0.5) is 23.2 Å². The summed E-state index contributed by atoms with van der Waals surface area (Å²) in [5, 5.41) is 9.82. The lowest BCUT2D eigenvalue weighted by molar-refractivity contribution is -0.140. The Morgan fingerprint density at radius 1 is 1.18 bits per heavy atom. The average Bonchev–Trinajstić information content (AvgIpc) is 2.74. The highest BCUT2D eigenvalue weighted by molar-refractivity contribution is 6.26. The highest BCUT2D eigenvalue weighted by Crippen LogP contribution is 2.45. The Bertz CT molecular complexity index is 1120. The fraction of sp³-hybridized carbons (Fsp3) is 0.333. The zero-order valence-corrected chi connectivity index (χ0v) is 18.4. The lowest BCUT2D eigenvalue weighted by Crippen LogP contribution is -2.60. The third-order valence-corrected chi connectivity index (χ3v) is 6.03. The first kappa shape index (κ1) is 24.6. The summed E-state index contributed by atoms with van der Waals surface area (Å²) in [5.41, 5.74) is -0.825. The molecule has 2 aromatic rings. The minimum absolute atomic E-state index is 0.0112. The molecule has 2 unspecified atom stereocenters. The van der Waals surface area contributed by atoms with Crippen molar-refractivity contribution in [1.82, 2.24) is 4.48 Å². The van der Waals surface area contributed by atoms with Crippen molar-refractivity contribution in [3.05, 3.63) is 70.5 Å². The number of amides is 1. The number of carboxylic acids is 1. The zero-order valence-electron chi connectivity index (χ0n) is 18.4. The Hall–Kier alpha value is -3.04. The van der Waals surface area contributed by atoms with E-state index in [2.05, 4.69) is 0 Å². The van der Waals surface area contributed by atoms with E-state index in [1.54, 1.807) is 13.0 Å². The molecule has 1 aliphatic heterocycles. The molecule has 176 valence electrons. The van der Waals surface area contributed by atoms with Gasteiger partial charge in [0.25, 0.3) is 0 Å². The Balaban J connectivity index is 2.38. The number of ether oxygens (including phenoxy) is 1. The zero-order chi connectivity index (χ0) is 24.6. The fourth-order valence-electron chi connectivity index (χ4n) is 4.32. The van der Waals surface area contributed by atoms with Crippen molar-refractivity contribution in [3.63, 3.8) is 0 Å². The van der Waals surface area contributed by atoms with Gasteiger partial charge in [0.15, 0.2) is 5.57 Å². The van der Waals surface area contributed by atoms with Crippen LogP contribution in [0.2, 0.25) is 0 Å². The van der Waals surface area contributed by atoms with Crippen molar-refractivity contribution >= 4 is 23.1 Å². The SMILES string of the molecule is CCC(C[N+]1(Cc2cccc(F)c2)C(=O)C(C(=O)O)=C(C)c2ccc(C(F)(F)F)cc21)OC. The highest BCUT2D eigenvalue weighted by Gasteiger charge is 2.51. The van der Waals surface area contributed by atoms with Gasteiger partial charge in [-0.3, -0.25) is 0 Å². The maximum absolute atomic E-state index is 14.0. The number of aliphatic carboxylic acids is 1. The molecule has 1 N–H and O–H groups in total. The van der Waals surface area contributed by atoms with Gasteiger partial charge in [-0.05, 0) is 43.2 Å². The number of halogens is 4. The van der Waals surface area contributed by atoms with Gasteiger partial charge < -0.3 is 9.84 Å². The molecule has 1 heterocycles. The van der Waals surface area contributed by atoms with Gasteiger partial charge in [0.2, 0.25) is 0 Å². The smallest absolute Gasteiger partial charge is 0.416 e. The number of carbonyl (C=O) groups is 2. The first-order valence-electron chi connectivity index (χ1n) is 10.3. The molecule has 9 heteroatoms. The van der Waals surface area contributed by atoms with Gasteiger partial charge in [0, 0.05) is 24.3 Å². The Morgan fingerprint density at radius 2 is 1.88 bits per heavy atom. The van der Waals surface area contributed by atoms with Crippen LogP contribution in [0.1, 0.15) is 37.0 Å². The Morgan fingerprint density at radius 3 is 2.42 bits per heavy atom. The van der Waals surface area contributed by atoms with Crippen LogP contribution in [-0.2, 0) is 27.0 Å². The van der Waals surface area contributed by atoms with Gasteiger partial charge in [-0.2, -0.15) is 13.2 Å². The molecule has 2 aromatic carbocycles. The second-order valence-electron chi connectivity index (χ2n) is 8.04. The summed E-state index contributed by atoms with van der Waals surface area (Å²) in [6, 6.07) is 8.30. The molecule has 0 spiro atoms. The maximum atomic E-state index is 14.0. The van der Waals surface area contributed by atoms with E-state index >= 15 is 0 Å². The molecule has 0 fully saturated rings. The van der Waals surface area contributed by atoms with Crippen LogP contribution in [0.25, 0.3) is 5.57 Å². The molecule has 1 amide bonds. The predicted molar refractivity (Wildman–Crippen MR) is 115 cm³/mol. The third-order valence-electron chi connectivity index (χ3n) is 6.03. The number of carboxylic acid groups (broad SMARTS) is 1. The minimum Gasteiger partial charge on any atom is -0.477 e. The molecule has 0 saturated heterocycles. The molecular formula is C24H24F4NO4+.